The van der Waals surface area contributed by atoms with Crippen LogP contribution in [-0.4, -0.2) is 84.5 Å². The monoisotopic (exact) mass is 524 g/mol. The molecule has 0 spiro atoms. The van der Waals surface area contributed by atoms with Gasteiger partial charge in [0, 0.05) is 61.3 Å². The second-order valence-electron chi connectivity index (χ2n) is 8.52. The maximum Gasteiger partial charge on any atom is 0.409 e. The maximum atomic E-state index is 12.9. The number of fused-ring (bicyclic) bond motifs is 1. The molecule has 3 aromatic rings. The molecule has 2 heterocycles. The summed E-state index contributed by atoms with van der Waals surface area (Å²) in [5, 5.41) is 4.04. The van der Waals surface area contributed by atoms with Gasteiger partial charge in [0.15, 0.2) is 0 Å². The molecule has 1 aliphatic heterocycles. The fraction of sp³-hybridized carbons (Fsp3) is 0.370. The lowest BCUT2D eigenvalue weighted by Crippen LogP contribution is -2.51. The van der Waals surface area contributed by atoms with Gasteiger partial charge in [0.1, 0.15) is 5.75 Å². The lowest BCUT2D eigenvalue weighted by Gasteiger charge is -2.34. The van der Waals surface area contributed by atoms with Gasteiger partial charge in [0.25, 0.3) is 5.91 Å². The quantitative estimate of drug-likeness (QED) is 0.431. The number of benzene rings is 2. The third kappa shape index (κ3) is 6.37. The Morgan fingerprint density at radius 3 is 2.43 bits per heavy atom. The number of piperazine rings is 1. The molecule has 1 aliphatic rings. The van der Waals surface area contributed by atoms with E-state index in [4.69, 9.17) is 9.47 Å². The van der Waals surface area contributed by atoms with E-state index in [-0.39, 0.29) is 17.9 Å². The summed E-state index contributed by atoms with van der Waals surface area (Å²) in [6.07, 6.45) is 1.71. The number of carbonyl (C=O) groups excluding carboxylic acids is 3. The highest BCUT2D eigenvalue weighted by molar-refractivity contribution is 8.00. The van der Waals surface area contributed by atoms with Crippen molar-refractivity contribution >= 4 is 40.6 Å². The van der Waals surface area contributed by atoms with Crippen molar-refractivity contribution in [2.75, 3.05) is 52.2 Å². The molecule has 3 amide bonds. The number of nitrogens with zero attached hydrogens (tertiary/aromatic N) is 3. The zero-order chi connectivity index (χ0) is 26.2. The number of nitrogens with one attached hydrogen (secondary N) is 1. The Kier molecular flexibility index (Phi) is 8.95. The summed E-state index contributed by atoms with van der Waals surface area (Å²) in [6.45, 7) is 5.14. The molecule has 0 bridgehead atoms. The lowest BCUT2D eigenvalue weighted by molar-refractivity contribution is -0.129. The highest BCUT2D eigenvalue weighted by atomic mass is 32.2. The molecule has 0 aliphatic carbocycles. The van der Waals surface area contributed by atoms with E-state index in [1.165, 1.54) is 11.8 Å². The minimum atomic E-state index is -0.323. The number of ether oxygens (including phenoxy) is 2. The van der Waals surface area contributed by atoms with Crippen molar-refractivity contribution in [2.45, 2.75) is 18.4 Å². The van der Waals surface area contributed by atoms with Crippen LogP contribution in [0.4, 0.5) is 4.79 Å². The molecule has 0 unspecified atom stereocenters. The number of amides is 3. The van der Waals surface area contributed by atoms with Crippen LogP contribution in [0.1, 0.15) is 17.3 Å². The first-order valence-corrected chi connectivity index (χ1v) is 13.3. The van der Waals surface area contributed by atoms with Gasteiger partial charge in [0.05, 0.1) is 25.0 Å². The van der Waals surface area contributed by atoms with E-state index >= 15 is 0 Å². The lowest BCUT2D eigenvalue weighted by atomic mass is 10.2. The van der Waals surface area contributed by atoms with Crippen LogP contribution >= 0.6 is 11.8 Å². The average Bonchev–Trinajstić information content (AvgIpc) is 3.29. The summed E-state index contributed by atoms with van der Waals surface area (Å²) in [5.74, 6) is 0.724. The van der Waals surface area contributed by atoms with Gasteiger partial charge in [-0.3, -0.25) is 9.59 Å². The van der Waals surface area contributed by atoms with E-state index in [1.54, 1.807) is 36.0 Å². The predicted octanol–water partition coefficient (Wildman–Crippen LogP) is 3.47. The highest BCUT2D eigenvalue weighted by Crippen LogP contribution is 2.30. The summed E-state index contributed by atoms with van der Waals surface area (Å²) in [5.41, 5.74) is 1.55. The van der Waals surface area contributed by atoms with E-state index in [9.17, 15) is 14.4 Å². The van der Waals surface area contributed by atoms with Crippen molar-refractivity contribution in [3.63, 3.8) is 0 Å². The van der Waals surface area contributed by atoms with Gasteiger partial charge >= 0.3 is 6.09 Å². The van der Waals surface area contributed by atoms with E-state index in [1.807, 2.05) is 42.6 Å². The minimum absolute atomic E-state index is 0.0504. The summed E-state index contributed by atoms with van der Waals surface area (Å²) < 4.78 is 12.4. The topological polar surface area (TPSA) is 93.1 Å². The number of methoxy groups -OCH3 is 1. The molecule has 196 valence electrons. The number of thioether (sulfide) groups is 1. The van der Waals surface area contributed by atoms with Crippen LogP contribution in [-0.2, 0) is 16.1 Å². The Morgan fingerprint density at radius 1 is 0.973 bits per heavy atom. The molecule has 1 saturated heterocycles. The third-order valence-electron chi connectivity index (χ3n) is 6.25. The molecule has 0 saturated carbocycles. The van der Waals surface area contributed by atoms with Crippen LogP contribution in [0.5, 0.6) is 5.75 Å². The van der Waals surface area contributed by atoms with Crippen molar-refractivity contribution < 1.29 is 23.9 Å². The molecular weight excluding hydrogens is 492 g/mol. The van der Waals surface area contributed by atoms with Crippen LogP contribution in [0.25, 0.3) is 10.9 Å². The molecule has 2 aromatic carbocycles. The maximum absolute atomic E-state index is 12.9. The second kappa shape index (κ2) is 12.5. The fourth-order valence-corrected chi connectivity index (χ4v) is 5.31. The van der Waals surface area contributed by atoms with E-state index in [0.717, 1.165) is 15.8 Å². The Balaban J connectivity index is 1.33. The van der Waals surface area contributed by atoms with Crippen molar-refractivity contribution in [1.82, 2.24) is 19.7 Å². The first-order valence-electron chi connectivity index (χ1n) is 12.3. The molecule has 4 rings (SSSR count). The summed E-state index contributed by atoms with van der Waals surface area (Å²) >= 11 is 1.51. The highest BCUT2D eigenvalue weighted by Gasteiger charge is 2.25. The van der Waals surface area contributed by atoms with E-state index in [0.29, 0.717) is 62.9 Å². The van der Waals surface area contributed by atoms with Gasteiger partial charge < -0.3 is 29.2 Å². The van der Waals surface area contributed by atoms with Crippen LogP contribution in [0.15, 0.2) is 59.6 Å². The first kappa shape index (κ1) is 26.4. The molecule has 1 aromatic heterocycles. The third-order valence-corrected chi connectivity index (χ3v) is 7.28. The van der Waals surface area contributed by atoms with Crippen molar-refractivity contribution in [3.05, 3.63) is 60.3 Å². The van der Waals surface area contributed by atoms with Crippen molar-refractivity contribution in [2.24, 2.45) is 0 Å². The summed E-state index contributed by atoms with van der Waals surface area (Å²) in [4.78, 5) is 41.8. The Hall–Kier alpha value is -3.66. The first-order chi connectivity index (χ1) is 18.0. The van der Waals surface area contributed by atoms with Crippen LogP contribution in [0.3, 0.4) is 0 Å². The number of para-hydroxylation sites is 2. The van der Waals surface area contributed by atoms with Gasteiger partial charge in [-0.25, -0.2) is 4.79 Å². The van der Waals surface area contributed by atoms with Gasteiger partial charge in [-0.2, -0.15) is 0 Å². The number of hydrogen-bond donors (Lipinski definition) is 1. The zero-order valence-electron chi connectivity index (χ0n) is 21.1. The number of hydrogen-bond acceptors (Lipinski definition) is 6. The number of carbonyl (C=O) groups is 3. The molecular formula is C27H32N4O5S. The average molecular weight is 525 g/mol. The van der Waals surface area contributed by atoms with Gasteiger partial charge in [-0.05, 0) is 25.1 Å². The van der Waals surface area contributed by atoms with Crippen LogP contribution in [0, 0.1) is 0 Å². The van der Waals surface area contributed by atoms with Crippen LogP contribution < -0.4 is 10.1 Å². The van der Waals surface area contributed by atoms with E-state index < -0.39 is 0 Å². The molecule has 9 nitrogen and oxygen atoms in total. The smallest absolute Gasteiger partial charge is 0.409 e. The molecule has 0 radical (unpaired) electrons. The van der Waals surface area contributed by atoms with Crippen LogP contribution in [0.2, 0.25) is 0 Å². The van der Waals surface area contributed by atoms with Gasteiger partial charge in [0.2, 0.25) is 5.91 Å². The number of rotatable bonds is 9. The fourth-order valence-electron chi connectivity index (χ4n) is 4.31. The molecule has 1 fully saturated rings. The van der Waals surface area contributed by atoms with Gasteiger partial charge in [-0.1, -0.05) is 30.3 Å². The summed E-state index contributed by atoms with van der Waals surface area (Å²) in [7, 11) is 1.55. The van der Waals surface area contributed by atoms with Crippen molar-refractivity contribution in [3.8, 4) is 5.75 Å². The van der Waals surface area contributed by atoms with Gasteiger partial charge in [-0.15, -0.1) is 11.8 Å². The molecule has 10 heteroatoms. The Morgan fingerprint density at radius 2 is 1.68 bits per heavy atom. The largest absolute Gasteiger partial charge is 0.496 e. The second-order valence-corrected chi connectivity index (χ2v) is 9.53. The normalized spacial score (nSPS) is 13.5. The van der Waals surface area contributed by atoms with E-state index in [2.05, 4.69) is 9.88 Å². The summed E-state index contributed by atoms with van der Waals surface area (Å²) in [6, 6.07) is 15.2. The SMILES string of the molecule is CCOC(=O)N1CCN(C(=O)CSc2cn(CCNC(=O)c3ccccc3OC)c3ccccc23)CC1. The number of aromatic nitrogens is 1. The van der Waals surface area contributed by atoms with Crippen molar-refractivity contribution in [1.29, 1.82) is 0 Å². The zero-order valence-corrected chi connectivity index (χ0v) is 22.0. The Bertz CT molecular complexity index is 1250. The standard InChI is InChI=1S/C27H32N4O5S/c1-3-36-27(34)30-16-14-29(15-17-30)25(32)19-37-24-18-31(22-10-6-4-8-20(22)24)13-12-28-26(33)21-9-5-7-11-23(21)35-2/h4-11,18H,3,12-17,19H2,1-2H3,(H,28,33). The molecule has 37 heavy (non-hydrogen) atoms. The molecule has 0 atom stereocenters. The molecule has 1 N–H and O–H groups in total. The predicted molar refractivity (Wildman–Crippen MR) is 143 cm³/mol. The Labute approximate surface area is 220 Å². The minimum Gasteiger partial charge on any atom is -0.496 e.